The highest BCUT2D eigenvalue weighted by Gasteiger charge is 2.45. The minimum absolute atomic E-state index is 0.00222. The molecular formula is C11H20O5. The summed E-state index contributed by atoms with van der Waals surface area (Å²) in [4.78, 5) is 22.9. The lowest BCUT2D eigenvalue weighted by Crippen LogP contribution is -2.40. The maximum atomic E-state index is 11.7. The Morgan fingerprint density at radius 1 is 1.25 bits per heavy atom. The smallest absolute Gasteiger partial charge is 0.323 e. The van der Waals surface area contributed by atoms with Crippen LogP contribution in [0.4, 0.5) is 0 Å². The molecule has 5 heteroatoms. The molecule has 0 bridgehead atoms. The van der Waals surface area contributed by atoms with Gasteiger partial charge in [-0.1, -0.05) is 6.92 Å². The number of carbonyl (C=O) groups excluding carboxylic acids is 1. The molecule has 0 saturated heterocycles. The van der Waals surface area contributed by atoms with Crippen LogP contribution in [0.2, 0.25) is 0 Å². The van der Waals surface area contributed by atoms with Gasteiger partial charge in [0.2, 0.25) is 0 Å². The third kappa shape index (κ3) is 3.48. The highest BCUT2D eigenvalue weighted by Crippen LogP contribution is 2.31. The van der Waals surface area contributed by atoms with E-state index in [1.165, 1.54) is 0 Å². The molecule has 0 aromatic carbocycles. The van der Waals surface area contributed by atoms with Crippen LogP contribution in [0.1, 0.15) is 39.5 Å². The van der Waals surface area contributed by atoms with Gasteiger partial charge in [-0.05, 0) is 32.6 Å². The molecule has 2 N–H and O–H groups in total. The predicted octanol–water partition coefficient (Wildman–Crippen LogP) is 1.19. The average Bonchev–Trinajstić information content (AvgIpc) is 2.24. The zero-order chi connectivity index (χ0) is 12.6. The van der Waals surface area contributed by atoms with E-state index in [0.717, 1.165) is 0 Å². The number of aliphatic hydroxyl groups is 1. The number of aliphatic hydroxyl groups excluding tert-OH is 1. The van der Waals surface area contributed by atoms with Crippen LogP contribution in [0.3, 0.4) is 0 Å². The van der Waals surface area contributed by atoms with Gasteiger partial charge in [0.25, 0.3) is 0 Å². The third-order valence-corrected chi connectivity index (χ3v) is 2.69. The fraction of sp³-hybridized carbons (Fsp3) is 0.818. The van der Waals surface area contributed by atoms with Crippen molar-refractivity contribution < 1.29 is 24.5 Å². The molecule has 0 fully saturated rings. The minimum Gasteiger partial charge on any atom is -0.480 e. The SMILES string of the molecule is CCOC(=O)C(CC)(CCCCO)C(=O)O. The van der Waals surface area contributed by atoms with Gasteiger partial charge in [-0.25, -0.2) is 0 Å². The number of rotatable bonds is 8. The molecule has 94 valence electrons. The first kappa shape index (κ1) is 14.9. The van der Waals surface area contributed by atoms with Crippen LogP contribution in [0.5, 0.6) is 0 Å². The van der Waals surface area contributed by atoms with Crippen LogP contribution in [-0.4, -0.2) is 35.4 Å². The number of carboxylic acid groups (broad SMARTS) is 1. The van der Waals surface area contributed by atoms with E-state index in [4.69, 9.17) is 14.9 Å². The van der Waals surface area contributed by atoms with Crippen molar-refractivity contribution >= 4 is 11.9 Å². The maximum Gasteiger partial charge on any atom is 0.323 e. The van der Waals surface area contributed by atoms with Crippen LogP contribution in [0, 0.1) is 5.41 Å². The van der Waals surface area contributed by atoms with Crippen molar-refractivity contribution in [2.45, 2.75) is 39.5 Å². The second-order valence-electron chi connectivity index (χ2n) is 3.64. The summed E-state index contributed by atoms with van der Waals surface area (Å²) < 4.78 is 4.81. The predicted molar refractivity (Wildman–Crippen MR) is 57.9 cm³/mol. The van der Waals surface area contributed by atoms with Gasteiger partial charge in [0.05, 0.1) is 6.61 Å². The number of unbranched alkanes of at least 4 members (excludes halogenated alkanes) is 1. The van der Waals surface area contributed by atoms with Gasteiger partial charge in [0, 0.05) is 6.61 Å². The molecular weight excluding hydrogens is 212 g/mol. The van der Waals surface area contributed by atoms with Crippen LogP contribution in [-0.2, 0) is 14.3 Å². The lowest BCUT2D eigenvalue weighted by Gasteiger charge is -2.25. The van der Waals surface area contributed by atoms with Crippen molar-refractivity contribution in [1.82, 2.24) is 0 Å². The number of carbonyl (C=O) groups is 2. The van der Waals surface area contributed by atoms with Gasteiger partial charge >= 0.3 is 11.9 Å². The lowest BCUT2D eigenvalue weighted by molar-refractivity contribution is -0.169. The maximum absolute atomic E-state index is 11.7. The molecule has 5 nitrogen and oxygen atoms in total. The first-order valence-corrected chi connectivity index (χ1v) is 5.56. The van der Waals surface area contributed by atoms with E-state index in [2.05, 4.69) is 0 Å². The number of ether oxygens (including phenoxy) is 1. The van der Waals surface area contributed by atoms with Crippen LogP contribution in [0.25, 0.3) is 0 Å². The fourth-order valence-corrected chi connectivity index (χ4v) is 1.58. The molecule has 0 spiro atoms. The molecule has 0 rings (SSSR count). The second-order valence-corrected chi connectivity index (χ2v) is 3.64. The van der Waals surface area contributed by atoms with Crippen LogP contribution >= 0.6 is 0 Å². The molecule has 0 amide bonds. The standard InChI is InChI=1S/C11H20O5/c1-3-11(9(13)14,7-5-6-8-12)10(15)16-4-2/h12H,3-8H2,1-2H3,(H,13,14). The lowest BCUT2D eigenvalue weighted by atomic mass is 9.80. The third-order valence-electron chi connectivity index (χ3n) is 2.69. The average molecular weight is 232 g/mol. The van der Waals surface area contributed by atoms with Crippen LogP contribution in [0.15, 0.2) is 0 Å². The molecule has 0 aliphatic carbocycles. The second kappa shape index (κ2) is 7.22. The molecule has 1 atom stereocenters. The number of hydrogen-bond acceptors (Lipinski definition) is 4. The molecule has 0 heterocycles. The normalized spacial score (nSPS) is 14.2. The van der Waals surface area contributed by atoms with Gasteiger partial charge in [0.1, 0.15) is 0 Å². The van der Waals surface area contributed by atoms with Crippen LogP contribution < -0.4 is 0 Å². The Bertz CT molecular complexity index is 239. The number of hydrogen-bond donors (Lipinski definition) is 2. The Balaban J connectivity index is 4.71. The number of esters is 1. The summed E-state index contributed by atoms with van der Waals surface area (Å²) in [6.45, 7) is 3.48. The highest BCUT2D eigenvalue weighted by molar-refractivity contribution is 5.99. The van der Waals surface area contributed by atoms with Crippen molar-refractivity contribution in [3.05, 3.63) is 0 Å². The van der Waals surface area contributed by atoms with Gasteiger partial charge in [0.15, 0.2) is 5.41 Å². The molecule has 1 unspecified atom stereocenters. The summed E-state index contributed by atoms with van der Waals surface area (Å²) in [7, 11) is 0. The topological polar surface area (TPSA) is 83.8 Å². The van der Waals surface area contributed by atoms with E-state index in [-0.39, 0.29) is 26.1 Å². The molecule has 0 aliphatic rings. The van der Waals surface area contributed by atoms with Crippen molar-refractivity contribution in [2.75, 3.05) is 13.2 Å². The van der Waals surface area contributed by atoms with Gasteiger partial charge in [-0.15, -0.1) is 0 Å². The van der Waals surface area contributed by atoms with Crippen molar-refractivity contribution in [2.24, 2.45) is 5.41 Å². The first-order chi connectivity index (χ1) is 7.55. The van der Waals surface area contributed by atoms with Gasteiger partial charge < -0.3 is 14.9 Å². The molecule has 0 aliphatic heterocycles. The molecule has 0 radical (unpaired) electrons. The Labute approximate surface area is 95.4 Å². The van der Waals surface area contributed by atoms with E-state index in [1.807, 2.05) is 0 Å². The Morgan fingerprint density at radius 3 is 2.25 bits per heavy atom. The monoisotopic (exact) mass is 232 g/mol. The van der Waals surface area contributed by atoms with E-state index < -0.39 is 17.4 Å². The largest absolute Gasteiger partial charge is 0.480 e. The summed E-state index contributed by atoms with van der Waals surface area (Å²) >= 11 is 0. The summed E-state index contributed by atoms with van der Waals surface area (Å²) in [6.07, 6.45) is 1.40. The molecule has 0 aromatic heterocycles. The molecule has 0 aromatic rings. The number of carboxylic acids is 1. The van der Waals surface area contributed by atoms with Crippen molar-refractivity contribution in [3.8, 4) is 0 Å². The Kier molecular flexibility index (Phi) is 6.72. The fourth-order valence-electron chi connectivity index (χ4n) is 1.58. The van der Waals surface area contributed by atoms with Crippen molar-refractivity contribution in [1.29, 1.82) is 0 Å². The summed E-state index contributed by atoms with van der Waals surface area (Å²) in [6, 6.07) is 0. The quantitative estimate of drug-likeness (QED) is 0.373. The zero-order valence-corrected chi connectivity index (χ0v) is 9.86. The summed E-state index contributed by atoms with van der Waals surface area (Å²) in [5.41, 5.74) is -1.45. The Hall–Kier alpha value is -1.10. The molecule has 16 heavy (non-hydrogen) atoms. The Morgan fingerprint density at radius 2 is 1.88 bits per heavy atom. The summed E-state index contributed by atoms with van der Waals surface area (Å²) in [5, 5.41) is 17.8. The van der Waals surface area contributed by atoms with Gasteiger partial charge in [-0.2, -0.15) is 0 Å². The van der Waals surface area contributed by atoms with Crippen molar-refractivity contribution in [3.63, 3.8) is 0 Å². The highest BCUT2D eigenvalue weighted by atomic mass is 16.5. The van der Waals surface area contributed by atoms with E-state index in [0.29, 0.717) is 12.8 Å². The number of aliphatic carboxylic acids is 1. The molecule has 0 saturated carbocycles. The summed E-state index contributed by atoms with van der Waals surface area (Å²) in [5.74, 6) is -1.82. The minimum atomic E-state index is -1.45. The van der Waals surface area contributed by atoms with E-state index in [1.54, 1.807) is 13.8 Å². The van der Waals surface area contributed by atoms with E-state index >= 15 is 0 Å². The van der Waals surface area contributed by atoms with Gasteiger partial charge in [-0.3, -0.25) is 9.59 Å². The first-order valence-electron chi connectivity index (χ1n) is 5.56. The van der Waals surface area contributed by atoms with E-state index in [9.17, 15) is 9.59 Å². The zero-order valence-electron chi connectivity index (χ0n) is 9.86.